The van der Waals surface area contributed by atoms with E-state index in [1.165, 1.54) is 17.8 Å². The van der Waals surface area contributed by atoms with Crippen LogP contribution < -0.4 is 9.64 Å². The van der Waals surface area contributed by atoms with Gasteiger partial charge in [-0.2, -0.15) is 0 Å². The van der Waals surface area contributed by atoms with Gasteiger partial charge in [0, 0.05) is 23.7 Å². The number of unbranched alkanes of at least 4 members (excludes halogenated alkanes) is 1. The second-order valence-electron chi connectivity index (χ2n) is 9.40. The summed E-state index contributed by atoms with van der Waals surface area (Å²) in [5, 5.41) is 9.11. The normalized spacial score (nSPS) is 21.0. The molecule has 6 nitrogen and oxygen atoms in total. The van der Waals surface area contributed by atoms with Crippen LogP contribution in [0.4, 0.5) is 15.8 Å². The lowest BCUT2D eigenvalue weighted by atomic mass is 9.81. The zero-order valence-corrected chi connectivity index (χ0v) is 22.3. The molecule has 0 amide bonds. The van der Waals surface area contributed by atoms with Gasteiger partial charge in [-0.1, -0.05) is 44.9 Å². The molecule has 0 saturated heterocycles. The fourth-order valence-corrected chi connectivity index (χ4v) is 7.14. The van der Waals surface area contributed by atoms with Gasteiger partial charge in [-0.3, -0.25) is 0 Å². The molecule has 0 spiro atoms. The lowest BCUT2D eigenvalue weighted by Crippen LogP contribution is -2.37. The fourth-order valence-electron chi connectivity index (χ4n) is 4.42. The predicted octanol–water partition coefficient (Wildman–Crippen LogP) is 6.11. The number of carbonyl (C=O) groups is 1. The Balaban J connectivity index is 2.19. The standard InChI is InChI=1S/C26H34FNO5S2/c1-5-7-13-26(6-2)16-28(19-11-9-8-10-12-19)20-14-22(34-4)21(15-23(20)35(31,32)18-26)33-17-25(3,27)24(29)30/h8-12,14-15H,5-7,13,16-18H2,1-4H3,(H,29,30)/t25-,26?/m0/s1. The minimum atomic E-state index is -3.73. The maximum Gasteiger partial charge on any atom is 0.344 e. The Labute approximate surface area is 211 Å². The molecule has 3 rings (SSSR count). The quantitative estimate of drug-likeness (QED) is 0.376. The predicted molar refractivity (Wildman–Crippen MR) is 139 cm³/mol. The Kier molecular flexibility index (Phi) is 8.42. The van der Waals surface area contributed by atoms with Crippen molar-refractivity contribution in [1.82, 2.24) is 0 Å². The summed E-state index contributed by atoms with van der Waals surface area (Å²) >= 11 is 1.33. The molecule has 2 aromatic rings. The number of carboxylic acid groups (broad SMARTS) is 1. The third-order valence-electron chi connectivity index (χ3n) is 6.68. The first-order valence-corrected chi connectivity index (χ1v) is 14.7. The number of hydrogen-bond donors (Lipinski definition) is 1. The molecule has 0 aliphatic carbocycles. The van der Waals surface area contributed by atoms with Gasteiger partial charge in [-0.05, 0) is 44.2 Å². The van der Waals surface area contributed by atoms with Gasteiger partial charge in [-0.15, -0.1) is 11.8 Å². The van der Waals surface area contributed by atoms with E-state index in [-0.39, 0.29) is 16.4 Å². The molecule has 2 aromatic carbocycles. The first-order chi connectivity index (χ1) is 16.5. The number of halogens is 1. The number of ether oxygens (including phenoxy) is 1. The zero-order valence-electron chi connectivity index (χ0n) is 20.7. The fraction of sp³-hybridized carbons (Fsp3) is 0.500. The van der Waals surface area contributed by atoms with Crippen molar-refractivity contribution in [1.29, 1.82) is 0 Å². The van der Waals surface area contributed by atoms with Crippen LogP contribution in [-0.2, 0) is 14.6 Å². The van der Waals surface area contributed by atoms with Gasteiger partial charge in [0.15, 0.2) is 9.84 Å². The minimum Gasteiger partial charge on any atom is -0.488 e. The van der Waals surface area contributed by atoms with Crippen LogP contribution in [0.15, 0.2) is 52.3 Å². The van der Waals surface area contributed by atoms with Crippen molar-refractivity contribution >= 4 is 38.9 Å². The molecule has 0 bridgehead atoms. The zero-order chi connectivity index (χ0) is 25.9. The Hall–Kier alpha value is -2.26. The van der Waals surface area contributed by atoms with Gasteiger partial charge in [0.25, 0.3) is 0 Å². The van der Waals surface area contributed by atoms with E-state index in [0.29, 0.717) is 23.5 Å². The lowest BCUT2D eigenvalue weighted by Gasteiger charge is -2.36. The van der Waals surface area contributed by atoms with Crippen molar-refractivity contribution in [3.05, 3.63) is 42.5 Å². The van der Waals surface area contributed by atoms with Crippen molar-refractivity contribution in [3.8, 4) is 5.75 Å². The number of rotatable bonds is 10. The number of para-hydroxylation sites is 1. The Morgan fingerprint density at radius 3 is 2.51 bits per heavy atom. The molecule has 0 saturated carbocycles. The molecule has 1 unspecified atom stereocenters. The third-order valence-corrected chi connectivity index (χ3v) is 9.43. The summed E-state index contributed by atoms with van der Waals surface area (Å²) in [4.78, 5) is 14.0. The van der Waals surface area contributed by atoms with E-state index in [1.807, 2.05) is 43.5 Å². The van der Waals surface area contributed by atoms with E-state index in [4.69, 9.17) is 9.84 Å². The van der Waals surface area contributed by atoms with Gasteiger partial charge in [-0.25, -0.2) is 17.6 Å². The molecule has 1 aliphatic heterocycles. The maximum atomic E-state index is 14.4. The Morgan fingerprint density at radius 2 is 1.94 bits per heavy atom. The smallest absolute Gasteiger partial charge is 0.344 e. The highest BCUT2D eigenvalue weighted by Crippen LogP contribution is 2.47. The molecule has 1 heterocycles. The van der Waals surface area contributed by atoms with Crippen LogP contribution in [-0.4, -0.2) is 50.3 Å². The summed E-state index contributed by atoms with van der Waals surface area (Å²) in [7, 11) is -3.73. The Bertz CT molecular complexity index is 1150. The highest BCUT2D eigenvalue weighted by molar-refractivity contribution is 7.98. The lowest BCUT2D eigenvalue weighted by molar-refractivity contribution is -0.151. The number of sulfone groups is 1. The number of thioether (sulfide) groups is 1. The van der Waals surface area contributed by atoms with Crippen LogP contribution in [0.25, 0.3) is 0 Å². The van der Waals surface area contributed by atoms with Crippen LogP contribution in [0.3, 0.4) is 0 Å². The topological polar surface area (TPSA) is 83.9 Å². The first-order valence-electron chi connectivity index (χ1n) is 11.8. The molecular weight excluding hydrogens is 489 g/mol. The van der Waals surface area contributed by atoms with Crippen LogP contribution in [0.1, 0.15) is 46.5 Å². The highest BCUT2D eigenvalue weighted by Gasteiger charge is 2.42. The molecule has 0 aromatic heterocycles. The second kappa shape index (κ2) is 10.8. The highest BCUT2D eigenvalue weighted by atomic mass is 32.2. The number of fused-ring (bicyclic) bond motifs is 1. The number of benzene rings is 2. The first kappa shape index (κ1) is 27.3. The van der Waals surface area contributed by atoms with Crippen molar-refractivity contribution in [3.63, 3.8) is 0 Å². The molecule has 9 heteroatoms. The third kappa shape index (κ3) is 5.94. The maximum absolute atomic E-state index is 14.4. The van der Waals surface area contributed by atoms with E-state index in [2.05, 4.69) is 11.8 Å². The van der Waals surface area contributed by atoms with Crippen molar-refractivity contribution in [2.24, 2.45) is 5.41 Å². The van der Waals surface area contributed by atoms with Gasteiger partial charge in [0.05, 0.1) is 21.2 Å². The van der Waals surface area contributed by atoms with E-state index >= 15 is 0 Å². The number of anilines is 2. The molecule has 2 atom stereocenters. The van der Waals surface area contributed by atoms with Gasteiger partial charge in [0.2, 0.25) is 5.67 Å². The summed E-state index contributed by atoms with van der Waals surface area (Å²) in [6, 6.07) is 12.9. The van der Waals surface area contributed by atoms with Crippen LogP contribution in [0, 0.1) is 5.41 Å². The number of carboxylic acids is 1. The molecule has 192 valence electrons. The molecule has 1 N–H and O–H groups in total. The average molecular weight is 524 g/mol. The summed E-state index contributed by atoms with van der Waals surface area (Å²) < 4.78 is 47.6. The largest absolute Gasteiger partial charge is 0.488 e. The van der Waals surface area contributed by atoms with Gasteiger partial charge < -0.3 is 14.7 Å². The summed E-state index contributed by atoms with van der Waals surface area (Å²) in [5.41, 5.74) is -1.59. The molecular formula is C26H34FNO5S2. The van der Waals surface area contributed by atoms with Crippen molar-refractivity contribution in [2.75, 3.05) is 30.1 Å². The van der Waals surface area contributed by atoms with Crippen molar-refractivity contribution in [2.45, 2.75) is 61.9 Å². The second-order valence-corrected chi connectivity index (χ2v) is 12.2. The van der Waals surface area contributed by atoms with Crippen molar-refractivity contribution < 1.29 is 27.4 Å². The monoisotopic (exact) mass is 523 g/mol. The minimum absolute atomic E-state index is 0.000834. The summed E-state index contributed by atoms with van der Waals surface area (Å²) in [6.07, 6.45) is 5.21. The van der Waals surface area contributed by atoms with E-state index < -0.39 is 33.5 Å². The molecule has 0 fully saturated rings. The summed E-state index contributed by atoms with van der Waals surface area (Å²) in [6.45, 7) is 4.89. The van der Waals surface area contributed by atoms with Gasteiger partial charge >= 0.3 is 5.97 Å². The summed E-state index contributed by atoms with van der Waals surface area (Å²) in [5.74, 6) is -1.47. The molecule has 35 heavy (non-hydrogen) atoms. The van der Waals surface area contributed by atoms with Crippen LogP contribution >= 0.6 is 11.8 Å². The van der Waals surface area contributed by atoms with Crippen LogP contribution in [0.5, 0.6) is 5.75 Å². The van der Waals surface area contributed by atoms with E-state index in [9.17, 15) is 17.6 Å². The Morgan fingerprint density at radius 1 is 1.26 bits per heavy atom. The number of nitrogens with zero attached hydrogens (tertiary/aromatic N) is 1. The molecule has 0 radical (unpaired) electrons. The van der Waals surface area contributed by atoms with Crippen LogP contribution in [0.2, 0.25) is 0 Å². The molecule has 1 aliphatic rings. The van der Waals surface area contributed by atoms with E-state index in [1.54, 1.807) is 6.07 Å². The number of hydrogen-bond acceptors (Lipinski definition) is 6. The van der Waals surface area contributed by atoms with Gasteiger partial charge in [0.1, 0.15) is 12.4 Å². The SMILES string of the molecule is CCCCC1(CC)CN(c2ccccc2)c2cc(SC)c(OC[C@](C)(F)C(=O)O)cc2S(=O)(=O)C1. The van der Waals surface area contributed by atoms with E-state index in [0.717, 1.165) is 31.9 Å². The average Bonchev–Trinajstić information content (AvgIpc) is 2.93. The number of aliphatic carboxylic acids is 1. The number of alkyl halides is 1.